The largest absolute Gasteiger partial charge is 0.479 e. The monoisotopic (exact) mass is 300 g/mol. The zero-order valence-corrected chi connectivity index (χ0v) is 12.5. The number of aliphatic hydroxyl groups excluding tert-OH is 1. The Kier molecular flexibility index (Phi) is 4.28. The number of fused-ring (bicyclic) bond motifs is 1. The van der Waals surface area contributed by atoms with Gasteiger partial charge in [0.05, 0.1) is 6.10 Å². The van der Waals surface area contributed by atoms with Crippen LogP contribution < -0.4 is 11.1 Å². The van der Waals surface area contributed by atoms with Gasteiger partial charge in [0.15, 0.2) is 6.10 Å². The average molecular weight is 300 g/mol. The lowest BCUT2D eigenvalue weighted by Gasteiger charge is -2.65. The van der Waals surface area contributed by atoms with Crippen molar-refractivity contribution in [3.8, 4) is 0 Å². The first-order chi connectivity index (χ1) is 9.73. The Labute approximate surface area is 123 Å². The highest BCUT2D eigenvalue weighted by molar-refractivity contribution is 5.89. The number of carboxylic acids is 1. The second kappa shape index (κ2) is 5.55. The number of nitrogens with one attached hydrogen (secondary N) is 1. The van der Waals surface area contributed by atoms with Crippen LogP contribution in [0.15, 0.2) is 0 Å². The quantitative estimate of drug-likeness (QED) is 0.541. The molecule has 1 aliphatic carbocycles. The van der Waals surface area contributed by atoms with E-state index in [2.05, 4.69) is 5.32 Å². The molecule has 2 aliphatic rings. The summed E-state index contributed by atoms with van der Waals surface area (Å²) in [4.78, 5) is 23.0. The van der Waals surface area contributed by atoms with Crippen LogP contribution in [0, 0.1) is 11.3 Å². The molecule has 1 amide bonds. The molecule has 0 radical (unpaired) electrons. The number of amides is 1. The number of aliphatic carboxylic acids is 1. The molecule has 1 saturated carbocycles. The van der Waals surface area contributed by atoms with Gasteiger partial charge < -0.3 is 26.0 Å². The smallest absolute Gasteiger partial charge is 0.332 e. The first kappa shape index (κ1) is 16.2. The summed E-state index contributed by atoms with van der Waals surface area (Å²) in [6.45, 7) is 4.63. The van der Waals surface area contributed by atoms with Crippen LogP contribution in [-0.4, -0.2) is 53.0 Å². The number of aliphatic hydroxyl groups is 1. The van der Waals surface area contributed by atoms with E-state index in [-0.39, 0.29) is 30.9 Å². The molecular weight excluding hydrogens is 276 g/mol. The van der Waals surface area contributed by atoms with E-state index in [1.165, 1.54) is 0 Å². The molecule has 7 nitrogen and oxygen atoms in total. The Morgan fingerprint density at radius 3 is 2.76 bits per heavy atom. The van der Waals surface area contributed by atoms with Crippen LogP contribution in [0.4, 0.5) is 0 Å². The van der Waals surface area contributed by atoms with Gasteiger partial charge in [0.2, 0.25) is 5.91 Å². The van der Waals surface area contributed by atoms with Crippen LogP contribution >= 0.6 is 0 Å². The third kappa shape index (κ3) is 2.43. The molecule has 21 heavy (non-hydrogen) atoms. The van der Waals surface area contributed by atoms with Gasteiger partial charge in [-0.2, -0.15) is 0 Å². The number of carboxylic acid groups (broad SMARTS) is 1. The minimum atomic E-state index is -1.47. The lowest BCUT2D eigenvalue weighted by atomic mass is 9.46. The van der Waals surface area contributed by atoms with E-state index in [0.29, 0.717) is 6.61 Å². The van der Waals surface area contributed by atoms with Crippen LogP contribution in [0.3, 0.4) is 0 Å². The number of nitrogens with two attached hydrogens (primary N) is 1. The first-order valence-corrected chi connectivity index (χ1v) is 7.32. The lowest BCUT2D eigenvalue weighted by molar-refractivity contribution is -0.225. The van der Waals surface area contributed by atoms with Gasteiger partial charge in [-0.3, -0.25) is 4.79 Å². The van der Waals surface area contributed by atoms with Gasteiger partial charge in [0.25, 0.3) is 0 Å². The molecule has 4 unspecified atom stereocenters. The van der Waals surface area contributed by atoms with E-state index in [9.17, 15) is 14.7 Å². The molecule has 4 atom stereocenters. The molecule has 0 aromatic heterocycles. The molecule has 1 heterocycles. The minimum Gasteiger partial charge on any atom is -0.479 e. The lowest BCUT2D eigenvalue weighted by Crippen LogP contribution is -2.82. The second-order valence-electron chi connectivity index (χ2n) is 6.53. The van der Waals surface area contributed by atoms with E-state index >= 15 is 0 Å². The van der Waals surface area contributed by atoms with Gasteiger partial charge in [-0.1, -0.05) is 13.8 Å². The maximum atomic E-state index is 12.4. The maximum absolute atomic E-state index is 12.4. The van der Waals surface area contributed by atoms with Crippen LogP contribution in [-0.2, 0) is 14.3 Å². The molecule has 2 rings (SSSR count). The maximum Gasteiger partial charge on any atom is 0.332 e. The summed E-state index contributed by atoms with van der Waals surface area (Å²) in [7, 11) is 0. The van der Waals surface area contributed by atoms with E-state index in [1.807, 2.05) is 13.8 Å². The van der Waals surface area contributed by atoms with E-state index < -0.39 is 23.0 Å². The number of hydrogen-bond donors (Lipinski definition) is 4. The fourth-order valence-corrected chi connectivity index (χ4v) is 3.63. The van der Waals surface area contributed by atoms with Gasteiger partial charge in [-0.05, 0) is 12.8 Å². The third-order valence-corrected chi connectivity index (χ3v) is 5.05. The number of carbonyl (C=O) groups is 2. The topological polar surface area (TPSA) is 122 Å². The molecule has 2 fully saturated rings. The van der Waals surface area contributed by atoms with E-state index in [0.717, 1.165) is 12.8 Å². The SMILES string of the molecule is CC1(C)C2OCCCC2C1(N)C(=O)NCCC(O)C(=O)O. The third-order valence-electron chi connectivity index (χ3n) is 5.05. The summed E-state index contributed by atoms with van der Waals surface area (Å²) < 4.78 is 5.73. The van der Waals surface area contributed by atoms with E-state index in [4.69, 9.17) is 15.6 Å². The fraction of sp³-hybridized carbons (Fsp3) is 0.857. The van der Waals surface area contributed by atoms with Crippen LogP contribution in [0.1, 0.15) is 33.1 Å². The van der Waals surface area contributed by atoms with Crippen LogP contribution in [0.2, 0.25) is 0 Å². The van der Waals surface area contributed by atoms with Crippen molar-refractivity contribution in [2.24, 2.45) is 17.1 Å². The highest BCUT2D eigenvalue weighted by atomic mass is 16.5. The van der Waals surface area contributed by atoms with Crippen molar-refractivity contribution < 1.29 is 24.5 Å². The first-order valence-electron chi connectivity index (χ1n) is 7.32. The van der Waals surface area contributed by atoms with Crippen LogP contribution in [0.25, 0.3) is 0 Å². The number of rotatable bonds is 5. The second-order valence-corrected chi connectivity index (χ2v) is 6.53. The van der Waals surface area contributed by atoms with Gasteiger partial charge in [0.1, 0.15) is 5.54 Å². The molecule has 0 aromatic rings. The predicted octanol–water partition coefficient (Wildman–Crippen LogP) is -0.529. The molecule has 5 N–H and O–H groups in total. The van der Waals surface area contributed by atoms with Crippen molar-refractivity contribution in [3.05, 3.63) is 0 Å². The summed E-state index contributed by atoms with van der Waals surface area (Å²) in [6, 6.07) is 0. The molecule has 0 bridgehead atoms. The number of ether oxygens (including phenoxy) is 1. The zero-order valence-electron chi connectivity index (χ0n) is 12.5. The summed E-state index contributed by atoms with van der Waals surface area (Å²) in [6.07, 6.45) is 0.227. The summed E-state index contributed by atoms with van der Waals surface area (Å²) in [5, 5.41) is 20.5. The highest BCUT2D eigenvalue weighted by Crippen LogP contribution is 2.57. The Hall–Kier alpha value is -1.18. The fourth-order valence-electron chi connectivity index (χ4n) is 3.63. The van der Waals surface area contributed by atoms with Gasteiger partial charge in [-0.15, -0.1) is 0 Å². The zero-order chi connectivity index (χ0) is 15.8. The summed E-state index contributed by atoms with van der Waals surface area (Å²) >= 11 is 0. The van der Waals surface area contributed by atoms with Crippen molar-refractivity contribution in [1.82, 2.24) is 5.32 Å². The molecule has 7 heteroatoms. The van der Waals surface area contributed by atoms with Gasteiger partial charge in [0, 0.05) is 30.9 Å². The van der Waals surface area contributed by atoms with Crippen molar-refractivity contribution in [1.29, 1.82) is 0 Å². The minimum absolute atomic E-state index is 0.00777. The summed E-state index contributed by atoms with van der Waals surface area (Å²) in [5.41, 5.74) is 4.91. The molecule has 1 saturated heterocycles. The Morgan fingerprint density at radius 2 is 2.14 bits per heavy atom. The standard InChI is InChI=1S/C14H24N2O5/c1-13(2)10-8(4-3-7-21-10)14(13,15)12(20)16-6-5-9(17)11(18)19/h8-10,17H,3-7,15H2,1-2H3,(H,16,20)(H,18,19). The van der Waals surface area contributed by atoms with Gasteiger partial charge in [-0.25, -0.2) is 4.79 Å². The molecule has 0 aromatic carbocycles. The molecular formula is C14H24N2O5. The Bertz CT molecular complexity index is 439. The van der Waals surface area contributed by atoms with Crippen molar-refractivity contribution in [3.63, 3.8) is 0 Å². The highest BCUT2D eigenvalue weighted by Gasteiger charge is 2.70. The molecule has 120 valence electrons. The average Bonchev–Trinajstić information content (AvgIpc) is 2.45. The van der Waals surface area contributed by atoms with Crippen molar-refractivity contribution in [2.75, 3.05) is 13.2 Å². The molecule has 1 aliphatic heterocycles. The van der Waals surface area contributed by atoms with Gasteiger partial charge >= 0.3 is 5.97 Å². The summed E-state index contributed by atoms with van der Waals surface area (Å²) in [5.74, 6) is -1.60. The Morgan fingerprint density at radius 1 is 1.48 bits per heavy atom. The normalized spacial score (nSPS) is 35.2. The van der Waals surface area contributed by atoms with Crippen molar-refractivity contribution in [2.45, 2.75) is 50.9 Å². The predicted molar refractivity (Wildman–Crippen MR) is 74.4 cm³/mol. The van der Waals surface area contributed by atoms with E-state index in [1.54, 1.807) is 0 Å². The Balaban J connectivity index is 1.96. The number of carbonyl (C=O) groups excluding carboxylic acids is 1. The van der Waals surface area contributed by atoms with Crippen LogP contribution in [0.5, 0.6) is 0 Å². The van der Waals surface area contributed by atoms with Crippen molar-refractivity contribution >= 4 is 11.9 Å². The molecule has 0 spiro atoms. The number of hydrogen-bond acceptors (Lipinski definition) is 5.